The van der Waals surface area contributed by atoms with Gasteiger partial charge in [-0.3, -0.25) is 4.57 Å². The van der Waals surface area contributed by atoms with Crippen LogP contribution >= 0.6 is 0 Å². The summed E-state index contributed by atoms with van der Waals surface area (Å²) in [5.41, 5.74) is 3.48. The summed E-state index contributed by atoms with van der Waals surface area (Å²) in [5.74, 6) is 0.820. The maximum Gasteiger partial charge on any atom is 0.211 e. The summed E-state index contributed by atoms with van der Waals surface area (Å²) < 4.78 is 2.05. The van der Waals surface area contributed by atoms with Gasteiger partial charge in [0.25, 0.3) is 0 Å². The van der Waals surface area contributed by atoms with Gasteiger partial charge < -0.3 is 5.32 Å². The van der Waals surface area contributed by atoms with Crippen LogP contribution in [0.15, 0.2) is 67.0 Å². The quantitative estimate of drug-likeness (QED) is 0.765. The van der Waals surface area contributed by atoms with Crippen molar-refractivity contribution >= 4 is 11.6 Å². The van der Waals surface area contributed by atoms with Crippen LogP contribution < -0.4 is 5.32 Å². The molecule has 3 heteroatoms. The second-order valence-corrected chi connectivity index (χ2v) is 4.63. The lowest BCUT2D eigenvalue weighted by Crippen LogP contribution is -2.01. The molecule has 0 bridgehead atoms. The number of nitrogens with one attached hydrogen (secondary N) is 1. The van der Waals surface area contributed by atoms with Crippen LogP contribution in [0.4, 0.5) is 11.6 Å². The minimum Gasteiger partial charge on any atom is -0.325 e. The first-order valence-electron chi connectivity index (χ1n) is 6.81. The highest BCUT2D eigenvalue weighted by molar-refractivity contribution is 5.55. The maximum absolute atomic E-state index is 4.38. The summed E-state index contributed by atoms with van der Waals surface area (Å²) in [6, 6.07) is 18.6. The normalized spacial score (nSPS) is 10.4. The molecule has 3 nitrogen and oxygen atoms in total. The first-order chi connectivity index (χ1) is 9.86. The number of imidazole rings is 1. The Hall–Kier alpha value is -2.55. The van der Waals surface area contributed by atoms with Crippen LogP contribution in [0.25, 0.3) is 5.69 Å². The van der Waals surface area contributed by atoms with Gasteiger partial charge in [-0.25, -0.2) is 4.98 Å². The molecule has 0 amide bonds. The van der Waals surface area contributed by atoms with Crippen molar-refractivity contribution in [2.24, 2.45) is 0 Å². The van der Waals surface area contributed by atoms with E-state index >= 15 is 0 Å². The third-order valence-electron chi connectivity index (χ3n) is 3.29. The van der Waals surface area contributed by atoms with Crippen LogP contribution in [0, 0.1) is 0 Å². The van der Waals surface area contributed by atoms with Gasteiger partial charge in [0, 0.05) is 23.8 Å². The standard InChI is InChI=1S/C17H17N3/c1-2-14-8-10-16(11-9-14)20-13-12-18-17(20)19-15-6-4-3-5-7-15/h3-13H,2H2,1H3,(H,18,19). The van der Waals surface area contributed by atoms with E-state index in [9.17, 15) is 0 Å². The molecule has 3 aromatic rings. The second-order valence-electron chi connectivity index (χ2n) is 4.63. The minimum atomic E-state index is 0.820. The lowest BCUT2D eigenvalue weighted by atomic mass is 10.1. The number of rotatable bonds is 4. The Morgan fingerprint density at radius 1 is 1.00 bits per heavy atom. The number of anilines is 2. The highest BCUT2D eigenvalue weighted by Gasteiger charge is 2.05. The van der Waals surface area contributed by atoms with Gasteiger partial charge in [0.1, 0.15) is 0 Å². The van der Waals surface area contributed by atoms with Crippen LogP contribution in [-0.4, -0.2) is 9.55 Å². The van der Waals surface area contributed by atoms with Gasteiger partial charge in [-0.15, -0.1) is 0 Å². The predicted octanol–water partition coefficient (Wildman–Crippen LogP) is 4.18. The molecule has 0 aliphatic carbocycles. The van der Waals surface area contributed by atoms with Crippen molar-refractivity contribution in [2.45, 2.75) is 13.3 Å². The van der Waals surface area contributed by atoms with Gasteiger partial charge in [0.05, 0.1) is 0 Å². The highest BCUT2D eigenvalue weighted by atomic mass is 15.2. The molecule has 2 aromatic carbocycles. The molecule has 0 fully saturated rings. The van der Waals surface area contributed by atoms with Crippen molar-refractivity contribution in [3.05, 3.63) is 72.6 Å². The van der Waals surface area contributed by atoms with Crippen LogP contribution in [-0.2, 0) is 6.42 Å². The van der Waals surface area contributed by atoms with Crippen molar-refractivity contribution in [3.8, 4) is 5.69 Å². The second kappa shape index (κ2) is 5.61. The van der Waals surface area contributed by atoms with E-state index < -0.39 is 0 Å². The number of benzene rings is 2. The average molecular weight is 263 g/mol. The molecule has 0 unspecified atom stereocenters. The Kier molecular flexibility index (Phi) is 3.50. The fourth-order valence-electron chi connectivity index (χ4n) is 2.15. The zero-order valence-corrected chi connectivity index (χ0v) is 11.5. The molecule has 0 aliphatic heterocycles. The maximum atomic E-state index is 4.38. The molecule has 1 aromatic heterocycles. The lowest BCUT2D eigenvalue weighted by molar-refractivity contribution is 1.05. The Morgan fingerprint density at radius 2 is 1.75 bits per heavy atom. The van der Waals surface area contributed by atoms with Gasteiger partial charge >= 0.3 is 0 Å². The Labute approximate surface area is 118 Å². The molecule has 0 saturated carbocycles. The van der Waals surface area contributed by atoms with Crippen molar-refractivity contribution in [1.29, 1.82) is 0 Å². The van der Waals surface area contributed by atoms with Crippen LogP contribution in [0.2, 0.25) is 0 Å². The Morgan fingerprint density at radius 3 is 2.45 bits per heavy atom. The van der Waals surface area contributed by atoms with Crippen molar-refractivity contribution < 1.29 is 0 Å². The molecule has 100 valence electrons. The number of para-hydroxylation sites is 1. The van der Waals surface area contributed by atoms with E-state index in [-0.39, 0.29) is 0 Å². The summed E-state index contributed by atoms with van der Waals surface area (Å²) in [4.78, 5) is 4.38. The van der Waals surface area contributed by atoms with Gasteiger partial charge in [0.2, 0.25) is 5.95 Å². The number of hydrogen-bond acceptors (Lipinski definition) is 2. The number of hydrogen-bond donors (Lipinski definition) is 1. The molecule has 3 rings (SSSR count). The summed E-state index contributed by atoms with van der Waals surface area (Å²) >= 11 is 0. The van der Waals surface area contributed by atoms with Crippen molar-refractivity contribution in [2.75, 3.05) is 5.32 Å². The molecule has 1 heterocycles. The molecule has 0 radical (unpaired) electrons. The van der Waals surface area contributed by atoms with E-state index in [2.05, 4.69) is 41.5 Å². The average Bonchev–Trinajstić information content (AvgIpc) is 2.96. The number of aryl methyl sites for hydroxylation is 1. The van der Waals surface area contributed by atoms with E-state index in [1.54, 1.807) is 6.20 Å². The first kappa shape index (κ1) is 12.5. The lowest BCUT2D eigenvalue weighted by Gasteiger charge is -2.10. The van der Waals surface area contributed by atoms with Crippen LogP contribution in [0.1, 0.15) is 12.5 Å². The number of aromatic nitrogens is 2. The smallest absolute Gasteiger partial charge is 0.211 e. The van der Waals surface area contributed by atoms with E-state index in [0.29, 0.717) is 0 Å². The SMILES string of the molecule is CCc1ccc(-n2ccnc2Nc2ccccc2)cc1. The molecular formula is C17H17N3. The Bertz CT molecular complexity index is 669. The van der Waals surface area contributed by atoms with Crippen molar-refractivity contribution in [1.82, 2.24) is 9.55 Å². The van der Waals surface area contributed by atoms with E-state index in [4.69, 9.17) is 0 Å². The van der Waals surface area contributed by atoms with Gasteiger partial charge in [-0.05, 0) is 36.2 Å². The van der Waals surface area contributed by atoms with Gasteiger partial charge in [-0.1, -0.05) is 37.3 Å². The highest BCUT2D eigenvalue weighted by Crippen LogP contribution is 2.19. The first-order valence-corrected chi connectivity index (χ1v) is 6.81. The van der Waals surface area contributed by atoms with Crippen LogP contribution in [0.3, 0.4) is 0 Å². The van der Waals surface area contributed by atoms with E-state index in [1.807, 2.05) is 41.1 Å². The fraction of sp³-hybridized carbons (Fsp3) is 0.118. The summed E-state index contributed by atoms with van der Waals surface area (Å²) in [6.45, 7) is 2.16. The third-order valence-corrected chi connectivity index (χ3v) is 3.29. The molecule has 0 saturated heterocycles. The van der Waals surface area contributed by atoms with E-state index in [0.717, 1.165) is 23.7 Å². The third kappa shape index (κ3) is 2.57. The van der Waals surface area contributed by atoms with Gasteiger partial charge in [0.15, 0.2) is 0 Å². The zero-order chi connectivity index (χ0) is 13.8. The minimum absolute atomic E-state index is 0.820. The molecular weight excluding hydrogens is 246 g/mol. The molecule has 0 atom stereocenters. The van der Waals surface area contributed by atoms with Crippen molar-refractivity contribution in [3.63, 3.8) is 0 Å². The van der Waals surface area contributed by atoms with Gasteiger partial charge in [-0.2, -0.15) is 0 Å². The molecule has 0 aliphatic rings. The summed E-state index contributed by atoms with van der Waals surface area (Å²) in [7, 11) is 0. The predicted molar refractivity (Wildman–Crippen MR) is 82.7 cm³/mol. The monoisotopic (exact) mass is 263 g/mol. The molecule has 0 spiro atoms. The Balaban J connectivity index is 1.89. The fourth-order valence-corrected chi connectivity index (χ4v) is 2.15. The van der Waals surface area contributed by atoms with E-state index in [1.165, 1.54) is 5.56 Å². The summed E-state index contributed by atoms with van der Waals surface area (Å²) in [6.07, 6.45) is 4.82. The molecule has 20 heavy (non-hydrogen) atoms. The summed E-state index contributed by atoms with van der Waals surface area (Å²) in [5, 5.41) is 3.33. The van der Waals surface area contributed by atoms with Crippen LogP contribution in [0.5, 0.6) is 0 Å². The number of nitrogens with zero attached hydrogens (tertiary/aromatic N) is 2. The molecule has 1 N–H and O–H groups in total. The largest absolute Gasteiger partial charge is 0.325 e. The topological polar surface area (TPSA) is 29.9 Å². The zero-order valence-electron chi connectivity index (χ0n) is 11.5.